The molecule has 3 heterocycles. The Morgan fingerprint density at radius 2 is 1.96 bits per heavy atom. The molecule has 27 heavy (non-hydrogen) atoms. The van der Waals surface area contributed by atoms with Gasteiger partial charge in [0.1, 0.15) is 0 Å². The van der Waals surface area contributed by atoms with E-state index in [0.717, 1.165) is 57.7 Å². The molecule has 0 aromatic carbocycles. The number of likely N-dealkylation sites (tertiary alicyclic amines) is 2. The number of aryl methyl sites for hydroxylation is 2. The lowest BCUT2D eigenvalue weighted by Crippen LogP contribution is -2.54. The minimum absolute atomic E-state index is 0.160. The Kier molecular flexibility index (Phi) is 6.55. The molecule has 1 atom stereocenters. The van der Waals surface area contributed by atoms with Gasteiger partial charge in [0.15, 0.2) is 0 Å². The molecule has 2 saturated heterocycles. The second-order valence-corrected chi connectivity index (χ2v) is 8.22. The highest BCUT2D eigenvalue weighted by atomic mass is 16.5. The van der Waals surface area contributed by atoms with Crippen LogP contribution >= 0.6 is 0 Å². The number of nitrogens with zero attached hydrogens (tertiary/aromatic N) is 4. The predicted octanol–water partition coefficient (Wildman–Crippen LogP) is 1.19. The highest BCUT2D eigenvalue weighted by molar-refractivity contribution is 5.71. The molecular weight excluding hydrogens is 344 g/mol. The average Bonchev–Trinajstić information content (AvgIpc) is 2.96. The Morgan fingerprint density at radius 1 is 1.30 bits per heavy atom. The molecule has 0 amide bonds. The van der Waals surface area contributed by atoms with Crippen molar-refractivity contribution in [3.63, 3.8) is 0 Å². The minimum Gasteiger partial charge on any atom is -0.465 e. The maximum atomic E-state index is 11.8. The first kappa shape index (κ1) is 20.3. The van der Waals surface area contributed by atoms with Crippen LogP contribution in [0.2, 0.25) is 0 Å². The number of aromatic nitrogens is 2. The van der Waals surface area contributed by atoms with E-state index in [-0.39, 0.29) is 23.9 Å². The Hall–Kier alpha value is -1.44. The molecule has 2 fully saturated rings. The van der Waals surface area contributed by atoms with Gasteiger partial charge in [-0.3, -0.25) is 19.3 Å². The van der Waals surface area contributed by atoms with E-state index < -0.39 is 0 Å². The van der Waals surface area contributed by atoms with Crippen LogP contribution in [0, 0.1) is 18.3 Å². The number of ether oxygens (including phenoxy) is 1. The zero-order valence-corrected chi connectivity index (χ0v) is 17.0. The number of rotatable bonds is 6. The summed E-state index contributed by atoms with van der Waals surface area (Å²) in [6, 6.07) is 0. The van der Waals surface area contributed by atoms with Crippen LogP contribution in [0.15, 0.2) is 6.20 Å². The predicted molar refractivity (Wildman–Crippen MR) is 103 cm³/mol. The molecule has 1 aromatic rings. The van der Waals surface area contributed by atoms with E-state index in [9.17, 15) is 9.90 Å². The summed E-state index contributed by atoms with van der Waals surface area (Å²) in [6.45, 7) is 9.64. The lowest BCUT2D eigenvalue weighted by atomic mass is 9.64. The summed E-state index contributed by atoms with van der Waals surface area (Å²) in [6.07, 6.45) is 5.40. The second kappa shape index (κ2) is 8.71. The largest absolute Gasteiger partial charge is 0.465 e. The lowest BCUT2D eigenvalue weighted by molar-refractivity contribution is -0.146. The fourth-order valence-electron chi connectivity index (χ4n) is 4.83. The van der Waals surface area contributed by atoms with Gasteiger partial charge in [-0.05, 0) is 58.2 Å². The number of aliphatic hydroxyl groups excluding tert-OH is 1. The van der Waals surface area contributed by atoms with Crippen LogP contribution in [0.4, 0.5) is 0 Å². The van der Waals surface area contributed by atoms with Crippen molar-refractivity contribution in [1.29, 1.82) is 0 Å². The number of hydrogen-bond donors (Lipinski definition) is 1. The quantitative estimate of drug-likeness (QED) is 0.750. The smallest absolute Gasteiger partial charge is 0.320 e. The number of aliphatic hydroxyl groups is 1. The molecule has 0 aliphatic carbocycles. The Morgan fingerprint density at radius 3 is 2.52 bits per heavy atom. The van der Waals surface area contributed by atoms with E-state index in [0.29, 0.717) is 13.2 Å². The van der Waals surface area contributed by atoms with Crippen LogP contribution in [0.3, 0.4) is 0 Å². The van der Waals surface area contributed by atoms with E-state index in [2.05, 4.69) is 28.0 Å². The van der Waals surface area contributed by atoms with Crippen LogP contribution in [-0.4, -0.2) is 76.6 Å². The van der Waals surface area contributed by atoms with Gasteiger partial charge in [-0.2, -0.15) is 5.10 Å². The molecule has 3 rings (SSSR count). The van der Waals surface area contributed by atoms with Gasteiger partial charge in [0.2, 0.25) is 0 Å². The van der Waals surface area contributed by atoms with Crippen LogP contribution in [0.1, 0.15) is 37.4 Å². The van der Waals surface area contributed by atoms with Crippen molar-refractivity contribution in [2.75, 3.05) is 45.9 Å². The zero-order valence-electron chi connectivity index (χ0n) is 17.0. The molecule has 0 radical (unpaired) electrons. The highest BCUT2D eigenvalue weighted by Crippen LogP contribution is 2.45. The number of esters is 1. The van der Waals surface area contributed by atoms with Gasteiger partial charge < -0.3 is 9.84 Å². The first-order valence-electron chi connectivity index (χ1n) is 10.2. The van der Waals surface area contributed by atoms with Gasteiger partial charge in [0, 0.05) is 44.4 Å². The molecule has 0 bridgehead atoms. The normalized spacial score (nSPS) is 23.6. The van der Waals surface area contributed by atoms with Gasteiger partial charge in [-0.15, -0.1) is 0 Å². The molecule has 1 spiro atoms. The Labute approximate surface area is 162 Å². The number of piperidine rings is 2. The molecule has 0 unspecified atom stereocenters. The molecule has 7 heteroatoms. The van der Waals surface area contributed by atoms with Crippen molar-refractivity contribution < 1.29 is 14.6 Å². The Balaban J connectivity index is 1.55. The van der Waals surface area contributed by atoms with Gasteiger partial charge >= 0.3 is 5.97 Å². The number of carbonyl (C=O) groups is 1. The van der Waals surface area contributed by atoms with Crippen molar-refractivity contribution in [2.45, 2.75) is 39.7 Å². The molecule has 2 aliphatic heterocycles. The van der Waals surface area contributed by atoms with E-state index in [4.69, 9.17) is 4.74 Å². The monoisotopic (exact) mass is 378 g/mol. The average molecular weight is 379 g/mol. The summed E-state index contributed by atoms with van der Waals surface area (Å²) in [4.78, 5) is 16.4. The van der Waals surface area contributed by atoms with Crippen molar-refractivity contribution in [1.82, 2.24) is 19.6 Å². The van der Waals surface area contributed by atoms with Gasteiger partial charge in [0.05, 0.1) is 18.8 Å². The van der Waals surface area contributed by atoms with E-state index in [1.807, 2.05) is 18.7 Å². The van der Waals surface area contributed by atoms with Gasteiger partial charge in [0.25, 0.3) is 0 Å². The zero-order chi connectivity index (χ0) is 19.4. The third-order valence-corrected chi connectivity index (χ3v) is 6.51. The lowest BCUT2D eigenvalue weighted by Gasteiger charge is -2.51. The standard InChI is InChI=1S/C20H34N4O3/c1-4-27-19(26)14-24-10-7-20(18(13-24)15-25)5-8-23(9-6-20)12-17-11-22(3)21-16(17)2/h11,18,25H,4-10,12-15H2,1-3H3/t18-/m1/s1. The maximum absolute atomic E-state index is 11.8. The topological polar surface area (TPSA) is 70.8 Å². The van der Waals surface area contributed by atoms with Crippen molar-refractivity contribution in [3.05, 3.63) is 17.5 Å². The van der Waals surface area contributed by atoms with Crippen LogP contribution < -0.4 is 0 Å². The molecule has 1 aromatic heterocycles. The minimum atomic E-state index is -0.160. The van der Waals surface area contributed by atoms with E-state index >= 15 is 0 Å². The summed E-state index contributed by atoms with van der Waals surface area (Å²) in [7, 11) is 1.97. The first-order chi connectivity index (χ1) is 13.0. The molecule has 0 saturated carbocycles. The van der Waals surface area contributed by atoms with E-state index in [1.54, 1.807) is 0 Å². The molecule has 152 valence electrons. The fraction of sp³-hybridized carbons (Fsp3) is 0.800. The third-order valence-electron chi connectivity index (χ3n) is 6.51. The summed E-state index contributed by atoms with van der Waals surface area (Å²) >= 11 is 0. The van der Waals surface area contributed by atoms with Gasteiger partial charge in [-0.25, -0.2) is 0 Å². The van der Waals surface area contributed by atoms with Crippen LogP contribution in [0.25, 0.3) is 0 Å². The van der Waals surface area contributed by atoms with Crippen LogP contribution in [0.5, 0.6) is 0 Å². The summed E-state index contributed by atoms with van der Waals surface area (Å²) in [5.41, 5.74) is 2.62. The first-order valence-corrected chi connectivity index (χ1v) is 10.2. The molecule has 2 aliphatic rings. The van der Waals surface area contributed by atoms with Crippen molar-refractivity contribution >= 4 is 5.97 Å². The molecular formula is C20H34N4O3. The summed E-state index contributed by atoms with van der Waals surface area (Å²) in [5, 5.41) is 14.5. The SMILES string of the molecule is CCOC(=O)CN1CCC2(CCN(Cc3cn(C)nc3C)CC2)[C@@H](CO)C1. The maximum Gasteiger partial charge on any atom is 0.320 e. The molecule has 1 N–H and O–H groups in total. The highest BCUT2D eigenvalue weighted by Gasteiger charge is 2.44. The summed E-state index contributed by atoms with van der Waals surface area (Å²) in [5.74, 6) is 0.0785. The fourth-order valence-corrected chi connectivity index (χ4v) is 4.83. The van der Waals surface area contributed by atoms with E-state index in [1.165, 1.54) is 5.56 Å². The van der Waals surface area contributed by atoms with Gasteiger partial charge in [-0.1, -0.05) is 0 Å². The second-order valence-electron chi connectivity index (χ2n) is 8.22. The van der Waals surface area contributed by atoms with Crippen molar-refractivity contribution in [3.8, 4) is 0 Å². The molecule has 7 nitrogen and oxygen atoms in total. The Bertz CT molecular complexity index is 637. The number of carbonyl (C=O) groups excluding carboxylic acids is 1. The summed E-state index contributed by atoms with van der Waals surface area (Å²) < 4.78 is 6.96. The third kappa shape index (κ3) is 4.70. The number of hydrogen-bond acceptors (Lipinski definition) is 6. The van der Waals surface area contributed by atoms with Crippen LogP contribution in [-0.2, 0) is 23.1 Å². The van der Waals surface area contributed by atoms with Crippen molar-refractivity contribution in [2.24, 2.45) is 18.4 Å².